The zero-order chi connectivity index (χ0) is 15.4. The minimum absolute atomic E-state index is 0.0554. The number of aromatic nitrogens is 2. The fourth-order valence-corrected chi connectivity index (χ4v) is 2.49. The highest BCUT2D eigenvalue weighted by atomic mass is 16.5. The van der Waals surface area contributed by atoms with Crippen LogP contribution in [0.5, 0.6) is 0 Å². The number of carbonyl (C=O) groups is 1. The van der Waals surface area contributed by atoms with Crippen LogP contribution in [0.15, 0.2) is 28.7 Å². The minimum atomic E-state index is -0.0554. The average Bonchev–Trinajstić information content (AvgIpc) is 2.80. The van der Waals surface area contributed by atoms with E-state index < -0.39 is 0 Å². The molecule has 1 aromatic heterocycles. The topological polar surface area (TPSA) is 77.2 Å². The molecule has 0 radical (unpaired) electrons. The van der Waals surface area contributed by atoms with Crippen LogP contribution in [0.4, 0.5) is 0 Å². The van der Waals surface area contributed by atoms with Gasteiger partial charge in [0, 0.05) is 37.3 Å². The summed E-state index contributed by atoms with van der Waals surface area (Å²) < 4.78 is 10.8. The van der Waals surface area contributed by atoms with E-state index in [2.05, 4.69) is 15.5 Å². The van der Waals surface area contributed by atoms with Gasteiger partial charge in [-0.05, 0) is 43.5 Å². The molecule has 22 heavy (non-hydrogen) atoms. The highest BCUT2D eigenvalue weighted by Gasteiger charge is 2.16. The van der Waals surface area contributed by atoms with Gasteiger partial charge < -0.3 is 14.5 Å². The summed E-state index contributed by atoms with van der Waals surface area (Å²) in [5.74, 6) is 0.929. The summed E-state index contributed by atoms with van der Waals surface area (Å²) in [5.41, 5.74) is 1.44. The Bertz CT molecular complexity index is 628. The lowest BCUT2D eigenvalue weighted by Gasteiger charge is -2.15. The lowest BCUT2D eigenvalue weighted by Crippen LogP contribution is -2.34. The van der Waals surface area contributed by atoms with Gasteiger partial charge in [-0.3, -0.25) is 4.79 Å². The second-order valence-corrected chi connectivity index (χ2v) is 5.42. The molecular formula is C16H19N3O3. The maximum atomic E-state index is 12.3. The van der Waals surface area contributed by atoms with Crippen molar-refractivity contribution in [2.45, 2.75) is 32.2 Å². The van der Waals surface area contributed by atoms with Crippen molar-refractivity contribution in [1.29, 1.82) is 0 Å². The van der Waals surface area contributed by atoms with E-state index in [-0.39, 0.29) is 11.9 Å². The number of ether oxygens (including phenoxy) is 1. The predicted octanol–water partition coefficient (Wildman–Crippen LogP) is 2.34. The number of nitrogens with one attached hydrogen (secondary N) is 1. The molecule has 1 atom stereocenters. The SMILES string of the molecule is Cc1nnc(-c2ccc(C(=O)NC3CCCOCC3)cc2)o1. The van der Waals surface area contributed by atoms with Crippen LogP contribution in [0.2, 0.25) is 0 Å². The molecule has 0 saturated carbocycles. The summed E-state index contributed by atoms with van der Waals surface area (Å²) in [6.07, 6.45) is 2.82. The monoisotopic (exact) mass is 301 g/mol. The molecule has 116 valence electrons. The number of nitrogens with zero attached hydrogens (tertiary/aromatic N) is 2. The van der Waals surface area contributed by atoms with Crippen molar-refractivity contribution < 1.29 is 13.9 Å². The van der Waals surface area contributed by atoms with Gasteiger partial charge in [0.15, 0.2) is 0 Å². The molecule has 1 amide bonds. The zero-order valence-corrected chi connectivity index (χ0v) is 12.5. The number of hydrogen-bond donors (Lipinski definition) is 1. The van der Waals surface area contributed by atoms with Gasteiger partial charge in [0.05, 0.1) is 0 Å². The van der Waals surface area contributed by atoms with E-state index in [1.165, 1.54) is 0 Å². The van der Waals surface area contributed by atoms with Gasteiger partial charge in [-0.25, -0.2) is 0 Å². The number of aryl methyl sites for hydroxylation is 1. The first-order valence-electron chi connectivity index (χ1n) is 7.51. The molecule has 0 bridgehead atoms. The minimum Gasteiger partial charge on any atom is -0.421 e. The largest absolute Gasteiger partial charge is 0.421 e. The summed E-state index contributed by atoms with van der Waals surface area (Å²) in [7, 11) is 0. The van der Waals surface area contributed by atoms with E-state index in [9.17, 15) is 4.79 Å². The lowest BCUT2D eigenvalue weighted by molar-refractivity contribution is 0.0929. The Morgan fingerprint density at radius 1 is 1.18 bits per heavy atom. The highest BCUT2D eigenvalue weighted by molar-refractivity contribution is 5.94. The zero-order valence-electron chi connectivity index (χ0n) is 12.5. The van der Waals surface area contributed by atoms with Crippen molar-refractivity contribution in [3.63, 3.8) is 0 Å². The summed E-state index contributed by atoms with van der Waals surface area (Å²) in [5, 5.41) is 10.8. The predicted molar refractivity (Wildman–Crippen MR) is 80.4 cm³/mol. The number of benzene rings is 1. The van der Waals surface area contributed by atoms with Crippen LogP contribution in [-0.4, -0.2) is 35.4 Å². The Morgan fingerprint density at radius 3 is 2.73 bits per heavy atom. The molecule has 1 fully saturated rings. The molecule has 6 heteroatoms. The Labute approximate surface area is 128 Å². The summed E-state index contributed by atoms with van der Waals surface area (Å²) in [6.45, 7) is 3.24. The first-order valence-corrected chi connectivity index (χ1v) is 7.51. The number of amides is 1. The molecule has 0 aliphatic carbocycles. The van der Waals surface area contributed by atoms with Crippen molar-refractivity contribution in [3.8, 4) is 11.5 Å². The molecule has 3 rings (SSSR count). The number of hydrogen-bond acceptors (Lipinski definition) is 5. The van der Waals surface area contributed by atoms with E-state index in [0.29, 0.717) is 24.0 Å². The Balaban J connectivity index is 1.65. The second kappa shape index (κ2) is 6.70. The van der Waals surface area contributed by atoms with Crippen LogP contribution in [-0.2, 0) is 4.74 Å². The van der Waals surface area contributed by atoms with Crippen molar-refractivity contribution in [1.82, 2.24) is 15.5 Å². The molecule has 1 aromatic carbocycles. The maximum Gasteiger partial charge on any atom is 0.251 e. The summed E-state index contributed by atoms with van der Waals surface area (Å²) in [6, 6.07) is 7.37. The summed E-state index contributed by atoms with van der Waals surface area (Å²) >= 11 is 0. The van der Waals surface area contributed by atoms with E-state index >= 15 is 0 Å². The van der Waals surface area contributed by atoms with Crippen LogP contribution in [0.3, 0.4) is 0 Å². The van der Waals surface area contributed by atoms with Crippen molar-refractivity contribution in [3.05, 3.63) is 35.7 Å². The van der Waals surface area contributed by atoms with Crippen LogP contribution >= 0.6 is 0 Å². The van der Waals surface area contributed by atoms with Gasteiger partial charge in [-0.1, -0.05) is 0 Å². The number of carbonyl (C=O) groups excluding carboxylic acids is 1. The lowest BCUT2D eigenvalue weighted by atomic mass is 10.1. The summed E-state index contributed by atoms with van der Waals surface area (Å²) in [4.78, 5) is 12.3. The Hall–Kier alpha value is -2.21. The third-order valence-corrected chi connectivity index (χ3v) is 3.71. The van der Waals surface area contributed by atoms with Crippen LogP contribution < -0.4 is 5.32 Å². The molecule has 1 saturated heterocycles. The maximum absolute atomic E-state index is 12.3. The normalized spacial score (nSPS) is 18.7. The molecule has 2 heterocycles. The van der Waals surface area contributed by atoms with Gasteiger partial charge in [0.1, 0.15) is 0 Å². The molecule has 6 nitrogen and oxygen atoms in total. The average molecular weight is 301 g/mol. The van der Waals surface area contributed by atoms with Gasteiger partial charge in [-0.2, -0.15) is 0 Å². The molecule has 1 aliphatic heterocycles. The fourth-order valence-electron chi connectivity index (χ4n) is 2.49. The van der Waals surface area contributed by atoms with E-state index in [4.69, 9.17) is 9.15 Å². The van der Waals surface area contributed by atoms with E-state index in [1.54, 1.807) is 19.1 Å². The molecule has 1 unspecified atom stereocenters. The van der Waals surface area contributed by atoms with Crippen molar-refractivity contribution >= 4 is 5.91 Å². The molecular weight excluding hydrogens is 282 g/mol. The molecule has 1 N–H and O–H groups in total. The fraction of sp³-hybridized carbons (Fsp3) is 0.438. The van der Waals surface area contributed by atoms with Crippen molar-refractivity contribution in [2.24, 2.45) is 0 Å². The van der Waals surface area contributed by atoms with E-state index in [1.807, 2.05) is 12.1 Å². The van der Waals surface area contributed by atoms with Crippen LogP contribution in [0.25, 0.3) is 11.5 Å². The molecule has 0 spiro atoms. The van der Waals surface area contributed by atoms with Gasteiger partial charge in [-0.15, -0.1) is 10.2 Å². The quantitative estimate of drug-likeness (QED) is 0.941. The second-order valence-electron chi connectivity index (χ2n) is 5.42. The highest BCUT2D eigenvalue weighted by Crippen LogP contribution is 2.18. The number of rotatable bonds is 3. The first-order chi connectivity index (χ1) is 10.7. The van der Waals surface area contributed by atoms with Gasteiger partial charge in [0.25, 0.3) is 5.91 Å². The standard InChI is InChI=1S/C16H19N3O3/c1-11-18-19-16(22-11)13-6-4-12(5-7-13)15(20)17-14-3-2-9-21-10-8-14/h4-7,14H,2-3,8-10H2,1H3,(H,17,20). The molecule has 2 aromatic rings. The van der Waals surface area contributed by atoms with Crippen molar-refractivity contribution in [2.75, 3.05) is 13.2 Å². The van der Waals surface area contributed by atoms with Gasteiger partial charge in [0.2, 0.25) is 11.8 Å². The van der Waals surface area contributed by atoms with Crippen LogP contribution in [0.1, 0.15) is 35.5 Å². The Kier molecular flexibility index (Phi) is 4.48. The third-order valence-electron chi connectivity index (χ3n) is 3.71. The van der Waals surface area contributed by atoms with Gasteiger partial charge >= 0.3 is 0 Å². The van der Waals surface area contributed by atoms with E-state index in [0.717, 1.165) is 31.4 Å². The Morgan fingerprint density at radius 2 is 2.00 bits per heavy atom. The molecule has 1 aliphatic rings. The first kappa shape index (κ1) is 14.7. The smallest absolute Gasteiger partial charge is 0.251 e. The van der Waals surface area contributed by atoms with Crippen LogP contribution in [0, 0.1) is 6.92 Å². The third kappa shape index (κ3) is 3.51.